The van der Waals surface area contributed by atoms with Crippen LogP contribution >= 0.6 is 0 Å². The second kappa shape index (κ2) is 7.07. The summed E-state index contributed by atoms with van der Waals surface area (Å²) in [6.45, 7) is 9.15. The zero-order chi connectivity index (χ0) is 14.5. The lowest BCUT2D eigenvalue weighted by Crippen LogP contribution is -2.34. The Morgan fingerprint density at radius 1 is 1.35 bits per heavy atom. The monoisotopic (exact) mass is 278 g/mol. The molecular weight excluding hydrogens is 251 g/mol. The normalized spacial score (nSPS) is 14.8. The quantitative estimate of drug-likeness (QED) is 0.724. The number of hydrogen-bond acceptors (Lipinski definition) is 2. The first-order chi connectivity index (χ1) is 9.63. The van der Waals surface area contributed by atoms with Gasteiger partial charge in [0.25, 0.3) is 0 Å². The molecule has 112 valence electrons. The Balaban J connectivity index is 2.20. The zero-order valence-corrected chi connectivity index (χ0v) is 13.0. The molecule has 20 heavy (non-hydrogen) atoms. The summed E-state index contributed by atoms with van der Waals surface area (Å²) in [4.78, 5) is 2.25. The Morgan fingerprint density at radius 2 is 2.10 bits per heavy atom. The first-order valence-electron chi connectivity index (χ1n) is 7.88. The number of hydrogen-bond donors (Lipinski definition) is 1. The van der Waals surface area contributed by atoms with Crippen LogP contribution in [0.2, 0.25) is 0 Å². The largest absolute Gasteiger partial charge is 0.366 e. The number of rotatable bonds is 8. The van der Waals surface area contributed by atoms with Crippen molar-refractivity contribution in [1.82, 2.24) is 5.32 Å². The predicted molar refractivity (Wildman–Crippen MR) is 83.6 cm³/mol. The van der Waals surface area contributed by atoms with Gasteiger partial charge in [-0.1, -0.05) is 19.1 Å². The molecule has 3 heteroatoms. The van der Waals surface area contributed by atoms with Crippen LogP contribution in [0.15, 0.2) is 18.2 Å². The molecule has 2 nitrogen and oxygen atoms in total. The fourth-order valence-electron chi connectivity index (χ4n) is 2.56. The lowest BCUT2D eigenvalue weighted by Gasteiger charge is -2.31. The highest BCUT2D eigenvalue weighted by Crippen LogP contribution is 2.34. The first kappa shape index (κ1) is 15.3. The number of para-hydroxylation sites is 1. The topological polar surface area (TPSA) is 15.3 Å². The van der Waals surface area contributed by atoms with Crippen molar-refractivity contribution in [2.24, 2.45) is 5.92 Å². The second-order valence-electron chi connectivity index (χ2n) is 6.11. The van der Waals surface area contributed by atoms with Crippen molar-refractivity contribution in [2.75, 3.05) is 18.0 Å². The standard InChI is InChI=1S/C17H27FN2/c1-4-10-19-11-15-6-5-7-16(18)17(15)20(13(2)3)12-14-8-9-14/h5-7,13-14,19H,4,8-12H2,1-3H3. The minimum Gasteiger partial charge on any atom is -0.366 e. The molecule has 0 unspecified atom stereocenters. The average molecular weight is 278 g/mol. The van der Waals surface area contributed by atoms with Crippen molar-refractivity contribution in [1.29, 1.82) is 0 Å². The van der Waals surface area contributed by atoms with E-state index < -0.39 is 0 Å². The lowest BCUT2D eigenvalue weighted by molar-refractivity contribution is 0.579. The Labute approximate surface area is 122 Å². The van der Waals surface area contributed by atoms with E-state index in [1.54, 1.807) is 6.07 Å². The first-order valence-corrected chi connectivity index (χ1v) is 7.88. The van der Waals surface area contributed by atoms with Gasteiger partial charge in [-0.2, -0.15) is 0 Å². The zero-order valence-electron chi connectivity index (χ0n) is 13.0. The number of benzene rings is 1. The van der Waals surface area contributed by atoms with Crippen LogP contribution in [0.4, 0.5) is 10.1 Å². The van der Waals surface area contributed by atoms with Gasteiger partial charge in [-0.05, 0) is 57.2 Å². The number of halogens is 1. The van der Waals surface area contributed by atoms with E-state index in [2.05, 4.69) is 31.0 Å². The fourth-order valence-corrected chi connectivity index (χ4v) is 2.56. The summed E-state index contributed by atoms with van der Waals surface area (Å²) in [6, 6.07) is 5.78. The smallest absolute Gasteiger partial charge is 0.146 e. The van der Waals surface area contributed by atoms with Gasteiger partial charge in [-0.3, -0.25) is 0 Å². The minimum absolute atomic E-state index is 0.0878. The Bertz CT molecular complexity index is 427. The maximum Gasteiger partial charge on any atom is 0.146 e. The van der Waals surface area contributed by atoms with E-state index in [4.69, 9.17) is 0 Å². The van der Waals surface area contributed by atoms with Gasteiger partial charge < -0.3 is 10.2 Å². The molecule has 1 fully saturated rings. The summed E-state index contributed by atoms with van der Waals surface area (Å²) >= 11 is 0. The van der Waals surface area contributed by atoms with Crippen LogP contribution in [0.1, 0.15) is 45.6 Å². The minimum atomic E-state index is -0.0878. The van der Waals surface area contributed by atoms with Crippen LogP contribution < -0.4 is 10.2 Å². The second-order valence-corrected chi connectivity index (χ2v) is 6.11. The summed E-state index contributed by atoms with van der Waals surface area (Å²) in [7, 11) is 0. The molecular formula is C17H27FN2. The van der Waals surface area contributed by atoms with Gasteiger partial charge in [0.05, 0.1) is 5.69 Å². The molecule has 0 radical (unpaired) electrons. The highest BCUT2D eigenvalue weighted by atomic mass is 19.1. The fraction of sp³-hybridized carbons (Fsp3) is 0.647. The molecule has 2 rings (SSSR count). The molecule has 1 saturated carbocycles. The van der Waals surface area contributed by atoms with E-state index in [9.17, 15) is 4.39 Å². The van der Waals surface area contributed by atoms with Gasteiger partial charge in [0.1, 0.15) is 5.82 Å². The molecule has 1 aliphatic carbocycles. The van der Waals surface area contributed by atoms with Crippen molar-refractivity contribution < 1.29 is 4.39 Å². The van der Waals surface area contributed by atoms with Gasteiger partial charge in [0, 0.05) is 19.1 Å². The van der Waals surface area contributed by atoms with E-state index in [-0.39, 0.29) is 5.82 Å². The molecule has 0 aromatic heterocycles. The van der Waals surface area contributed by atoms with E-state index in [1.165, 1.54) is 12.8 Å². The van der Waals surface area contributed by atoms with Crippen molar-refractivity contribution in [3.05, 3.63) is 29.6 Å². The Hall–Kier alpha value is -1.09. The summed E-state index contributed by atoms with van der Waals surface area (Å²) in [5, 5.41) is 3.39. The summed E-state index contributed by atoms with van der Waals surface area (Å²) in [5.41, 5.74) is 1.88. The number of anilines is 1. The van der Waals surface area contributed by atoms with Crippen molar-refractivity contribution in [3.63, 3.8) is 0 Å². The van der Waals surface area contributed by atoms with Crippen molar-refractivity contribution >= 4 is 5.69 Å². The van der Waals surface area contributed by atoms with E-state index in [0.29, 0.717) is 6.04 Å². The molecule has 0 amide bonds. The molecule has 1 aliphatic rings. The third-order valence-electron chi connectivity index (χ3n) is 3.87. The van der Waals surface area contributed by atoms with Gasteiger partial charge in [0.15, 0.2) is 0 Å². The van der Waals surface area contributed by atoms with Crippen LogP contribution in [0.5, 0.6) is 0 Å². The summed E-state index contributed by atoms with van der Waals surface area (Å²) in [6.07, 6.45) is 3.68. The lowest BCUT2D eigenvalue weighted by atomic mass is 10.1. The summed E-state index contributed by atoms with van der Waals surface area (Å²) < 4.78 is 14.4. The molecule has 0 spiro atoms. The Kier molecular flexibility index (Phi) is 5.41. The highest BCUT2D eigenvalue weighted by molar-refractivity contribution is 5.55. The molecule has 0 aliphatic heterocycles. The average Bonchev–Trinajstić information content (AvgIpc) is 3.21. The Morgan fingerprint density at radius 3 is 2.70 bits per heavy atom. The van der Waals surface area contributed by atoms with Gasteiger partial charge in [-0.15, -0.1) is 0 Å². The van der Waals surface area contributed by atoms with Crippen LogP contribution in [-0.2, 0) is 6.54 Å². The molecule has 0 saturated heterocycles. The molecule has 1 aromatic carbocycles. The molecule has 1 N–H and O–H groups in total. The van der Waals surface area contributed by atoms with Gasteiger partial charge in [0.2, 0.25) is 0 Å². The third-order valence-corrected chi connectivity index (χ3v) is 3.87. The number of nitrogens with zero attached hydrogens (tertiary/aromatic N) is 1. The van der Waals surface area contributed by atoms with Gasteiger partial charge >= 0.3 is 0 Å². The van der Waals surface area contributed by atoms with Crippen LogP contribution in [0, 0.1) is 11.7 Å². The predicted octanol–water partition coefficient (Wildman–Crippen LogP) is 3.95. The van der Waals surface area contributed by atoms with Crippen LogP contribution in [-0.4, -0.2) is 19.1 Å². The maximum absolute atomic E-state index is 14.4. The molecule has 1 aromatic rings. The van der Waals surface area contributed by atoms with E-state index >= 15 is 0 Å². The van der Waals surface area contributed by atoms with Crippen molar-refractivity contribution in [2.45, 2.75) is 52.6 Å². The maximum atomic E-state index is 14.4. The molecule has 0 heterocycles. The molecule has 0 bridgehead atoms. The molecule has 0 atom stereocenters. The number of nitrogens with one attached hydrogen (secondary N) is 1. The van der Waals surface area contributed by atoms with E-state index in [1.807, 2.05) is 12.1 Å². The van der Waals surface area contributed by atoms with Crippen LogP contribution in [0.3, 0.4) is 0 Å². The van der Waals surface area contributed by atoms with Crippen molar-refractivity contribution in [3.8, 4) is 0 Å². The SMILES string of the molecule is CCCNCc1cccc(F)c1N(CC1CC1)C(C)C. The summed E-state index contributed by atoms with van der Waals surface area (Å²) in [5.74, 6) is 0.670. The van der Waals surface area contributed by atoms with Gasteiger partial charge in [-0.25, -0.2) is 4.39 Å². The van der Waals surface area contributed by atoms with Crippen LogP contribution in [0.25, 0.3) is 0 Å². The van der Waals surface area contributed by atoms with E-state index in [0.717, 1.165) is 43.2 Å². The highest BCUT2D eigenvalue weighted by Gasteiger charge is 2.28. The third kappa shape index (κ3) is 3.95.